The maximum atomic E-state index is 5.88. The van der Waals surface area contributed by atoms with E-state index in [9.17, 15) is 0 Å². The van der Waals surface area contributed by atoms with Gasteiger partial charge < -0.3 is 5.32 Å². The molecule has 0 atom stereocenters. The van der Waals surface area contributed by atoms with Crippen LogP contribution in [0.3, 0.4) is 0 Å². The number of aryl methyl sites for hydroxylation is 1. The number of anilines is 1. The number of halogens is 1. The summed E-state index contributed by atoms with van der Waals surface area (Å²) in [6, 6.07) is 4.38. The summed E-state index contributed by atoms with van der Waals surface area (Å²) in [7, 11) is 0. The summed E-state index contributed by atoms with van der Waals surface area (Å²) >= 11 is 5.88. The molecule has 0 aliphatic heterocycles. The minimum atomic E-state index is 0.506. The van der Waals surface area contributed by atoms with Crippen molar-refractivity contribution in [2.75, 3.05) is 5.32 Å². The third-order valence-corrected chi connectivity index (χ3v) is 3.13. The first-order valence-corrected chi connectivity index (χ1v) is 7.16. The van der Waals surface area contributed by atoms with Gasteiger partial charge in [-0.05, 0) is 43.7 Å². The van der Waals surface area contributed by atoms with E-state index in [1.54, 1.807) is 0 Å². The van der Waals surface area contributed by atoms with Crippen LogP contribution in [-0.4, -0.2) is 11.0 Å². The second-order valence-corrected chi connectivity index (χ2v) is 6.25. The Morgan fingerprint density at radius 3 is 2.11 bits per heavy atom. The first-order chi connectivity index (χ1) is 8.38. The molecule has 0 amide bonds. The topological polar surface area (TPSA) is 24.9 Å². The van der Waals surface area contributed by atoms with Crippen LogP contribution in [-0.2, 0) is 0 Å². The average molecular weight is 269 g/mol. The smallest absolute Gasteiger partial charge is 0.129 e. The monoisotopic (exact) mass is 268 g/mol. The molecule has 0 saturated heterocycles. The second-order valence-electron chi connectivity index (χ2n) is 5.87. The standard InChI is InChI=1S/C15H25ClN2/c1-10(2)8-13(9-11(3)4)18-14-6-7-15(16)17-12(14)5/h6-7,10-11,13,18H,8-9H2,1-5H3. The van der Waals surface area contributed by atoms with Crippen molar-refractivity contribution in [3.63, 3.8) is 0 Å². The minimum absolute atomic E-state index is 0.506. The fourth-order valence-electron chi connectivity index (χ4n) is 2.26. The quantitative estimate of drug-likeness (QED) is 0.741. The van der Waals surface area contributed by atoms with Gasteiger partial charge in [-0.1, -0.05) is 39.3 Å². The molecule has 1 aromatic heterocycles. The van der Waals surface area contributed by atoms with Crippen LogP contribution in [0.15, 0.2) is 12.1 Å². The fourth-order valence-corrected chi connectivity index (χ4v) is 2.44. The summed E-state index contributed by atoms with van der Waals surface area (Å²) < 4.78 is 0. The van der Waals surface area contributed by atoms with E-state index in [-0.39, 0.29) is 0 Å². The first-order valence-electron chi connectivity index (χ1n) is 6.78. The Balaban J connectivity index is 2.75. The molecule has 2 nitrogen and oxygen atoms in total. The zero-order valence-electron chi connectivity index (χ0n) is 12.1. The molecule has 18 heavy (non-hydrogen) atoms. The summed E-state index contributed by atoms with van der Waals surface area (Å²) in [5, 5.41) is 4.17. The van der Waals surface area contributed by atoms with E-state index in [4.69, 9.17) is 11.6 Å². The molecule has 0 unspecified atom stereocenters. The van der Waals surface area contributed by atoms with Crippen molar-refractivity contribution in [1.82, 2.24) is 4.98 Å². The molecule has 0 radical (unpaired) electrons. The van der Waals surface area contributed by atoms with Gasteiger partial charge in [0.05, 0.1) is 11.4 Å². The Bertz CT molecular complexity index is 365. The SMILES string of the molecule is Cc1nc(Cl)ccc1NC(CC(C)C)CC(C)C. The number of aromatic nitrogens is 1. The van der Waals surface area contributed by atoms with Crippen LogP contribution in [0.2, 0.25) is 5.15 Å². The van der Waals surface area contributed by atoms with E-state index >= 15 is 0 Å². The molecule has 0 spiro atoms. The van der Waals surface area contributed by atoms with Crippen molar-refractivity contribution in [3.05, 3.63) is 23.0 Å². The zero-order chi connectivity index (χ0) is 13.7. The second kappa shape index (κ2) is 6.98. The lowest BCUT2D eigenvalue weighted by atomic mass is 9.95. The van der Waals surface area contributed by atoms with Gasteiger partial charge in [-0.3, -0.25) is 0 Å². The Morgan fingerprint density at radius 1 is 1.11 bits per heavy atom. The van der Waals surface area contributed by atoms with Crippen LogP contribution in [0.5, 0.6) is 0 Å². The van der Waals surface area contributed by atoms with Gasteiger partial charge >= 0.3 is 0 Å². The van der Waals surface area contributed by atoms with Gasteiger partial charge in [-0.15, -0.1) is 0 Å². The molecule has 1 N–H and O–H groups in total. The molecule has 102 valence electrons. The van der Waals surface area contributed by atoms with E-state index in [0.717, 1.165) is 11.4 Å². The van der Waals surface area contributed by atoms with E-state index in [1.165, 1.54) is 12.8 Å². The van der Waals surface area contributed by atoms with Crippen molar-refractivity contribution < 1.29 is 0 Å². The predicted molar refractivity (Wildman–Crippen MR) is 80.3 cm³/mol. The Labute approximate surface area is 116 Å². The number of hydrogen-bond donors (Lipinski definition) is 1. The molecule has 1 heterocycles. The van der Waals surface area contributed by atoms with Gasteiger partial charge in [0.1, 0.15) is 5.15 Å². The highest BCUT2D eigenvalue weighted by molar-refractivity contribution is 6.29. The average Bonchev–Trinajstić information content (AvgIpc) is 2.20. The molecule has 3 heteroatoms. The highest BCUT2D eigenvalue weighted by Crippen LogP contribution is 2.21. The van der Waals surface area contributed by atoms with Gasteiger partial charge in [0.2, 0.25) is 0 Å². The van der Waals surface area contributed by atoms with Crippen molar-refractivity contribution in [2.24, 2.45) is 11.8 Å². The van der Waals surface area contributed by atoms with E-state index in [0.29, 0.717) is 23.0 Å². The molecule has 0 bridgehead atoms. The maximum Gasteiger partial charge on any atom is 0.129 e. The van der Waals surface area contributed by atoms with Crippen LogP contribution < -0.4 is 5.32 Å². The number of hydrogen-bond acceptors (Lipinski definition) is 2. The molecule has 1 aromatic rings. The molecule has 0 aliphatic carbocycles. The van der Waals surface area contributed by atoms with E-state index in [1.807, 2.05) is 19.1 Å². The third kappa shape index (κ3) is 5.26. The van der Waals surface area contributed by atoms with Gasteiger partial charge in [-0.2, -0.15) is 0 Å². The number of pyridine rings is 1. The van der Waals surface area contributed by atoms with Crippen LogP contribution in [0.4, 0.5) is 5.69 Å². The largest absolute Gasteiger partial charge is 0.381 e. The molecule has 0 saturated carbocycles. The number of nitrogens with one attached hydrogen (secondary N) is 1. The lowest BCUT2D eigenvalue weighted by Gasteiger charge is -2.24. The normalized spacial score (nSPS) is 11.6. The van der Waals surface area contributed by atoms with Crippen LogP contribution >= 0.6 is 11.6 Å². The number of nitrogens with zero attached hydrogens (tertiary/aromatic N) is 1. The summed E-state index contributed by atoms with van der Waals surface area (Å²) in [4.78, 5) is 4.29. The minimum Gasteiger partial charge on any atom is -0.381 e. The van der Waals surface area contributed by atoms with Crippen molar-refractivity contribution in [2.45, 2.75) is 53.5 Å². The molecule has 0 aliphatic rings. The molecule has 1 rings (SSSR count). The highest BCUT2D eigenvalue weighted by Gasteiger charge is 2.14. The van der Waals surface area contributed by atoms with E-state index < -0.39 is 0 Å². The van der Waals surface area contributed by atoms with Crippen LogP contribution in [0, 0.1) is 18.8 Å². The zero-order valence-corrected chi connectivity index (χ0v) is 12.9. The maximum absolute atomic E-state index is 5.88. The van der Waals surface area contributed by atoms with Crippen LogP contribution in [0.25, 0.3) is 0 Å². The van der Waals surface area contributed by atoms with Crippen molar-refractivity contribution >= 4 is 17.3 Å². The van der Waals surface area contributed by atoms with E-state index in [2.05, 4.69) is 38.0 Å². The fraction of sp³-hybridized carbons (Fsp3) is 0.667. The summed E-state index contributed by atoms with van der Waals surface area (Å²) in [6.45, 7) is 11.1. The summed E-state index contributed by atoms with van der Waals surface area (Å²) in [6.07, 6.45) is 2.36. The molecular weight excluding hydrogens is 244 g/mol. The Morgan fingerprint density at radius 2 is 1.67 bits per heavy atom. The molecule has 0 fully saturated rings. The highest BCUT2D eigenvalue weighted by atomic mass is 35.5. The van der Waals surface area contributed by atoms with Gasteiger partial charge in [0.25, 0.3) is 0 Å². The molecule has 0 aromatic carbocycles. The predicted octanol–water partition coefficient (Wildman–Crippen LogP) is 4.92. The van der Waals surface area contributed by atoms with Crippen molar-refractivity contribution in [1.29, 1.82) is 0 Å². The summed E-state index contributed by atoms with van der Waals surface area (Å²) in [5.41, 5.74) is 2.07. The number of rotatable bonds is 6. The van der Waals surface area contributed by atoms with Gasteiger partial charge in [0, 0.05) is 6.04 Å². The molecular formula is C15H25ClN2. The lowest BCUT2D eigenvalue weighted by Crippen LogP contribution is -2.24. The van der Waals surface area contributed by atoms with Gasteiger partial charge in [-0.25, -0.2) is 4.98 Å². The Kier molecular flexibility index (Phi) is 5.94. The lowest BCUT2D eigenvalue weighted by molar-refractivity contribution is 0.442. The van der Waals surface area contributed by atoms with Crippen molar-refractivity contribution in [3.8, 4) is 0 Å². The Hall–Kier alpha value is -0.760. The third-order valence-electron chi connectivity index (χ3n) is 2.92. The van der Waals surface area contributed by atoms with Gasteiger partial charge in [0.15, 0.2) is 0 Å². The van der Waals surface area contributed by atoms with Crippen LogP contribution in [0.1, 0.15) is 46.2 Å². The first kappa shape index (κ1) is 15.3. The summed E-state index contributed by atoms with van der Waals surface area (Å²) in [5.74, 6) is 1.39.